The van der Waals surface area contributed by atoms with Crippen molar-refractivity contribution in [2.75, 3.05) is 26.3 Å². The summed E-state index contributed by atoms with van der Waals surface area (Å²) in [5, 5.41) is 3.43. The molecule has 0 aliphatic carbocycles. The molecule has 0 bridgehead atoms. The number of hydrogen-bond acceptors (Lipinski definition) is 3. The number of carbonyl (C=O) groups is 1. The van der Waals surface area contributed by atoms with E-state index in [0.717, 1.165) is 45.6 Å². The van der Waals surface area contributed by atoms with Crippen LogP contribution in [-0.2, 0) is 9.53 Å². The molecule has 2 aliphatic rings. The smallest absolute Gasteiger partial charge is 0.239 e. The Kier molecular flexibility index (Phi) is 4.40. The summed E-state index contributed by atoms with van der Waals surface area (Å²) < 4.78 is 5.38. The highest BCUT2D eigenvalue weighted by molar-refractivity contribution is 5.81. The van der Waals surface area contributed by atoms with Crippen LogP contribution >= 0.6 is 0 Å². The molecule has 0 saturated carbocycles. The lowest BCUT2D eigenvalue weighted by Crippen LogP contribution is -2.48. The topological polar surface area (TPSA) is 41.6 Å². The molecular formula is C13H24N2O2. The summed E-state index contributed by atoms with van der Waals surface area (Å²) in [7, 11) is 0. The number of carbonyl (C=O) groups excluding carboxylic acids is 1. The molecule has 2 aliphatic heterocycles. The summed E-state index contributed by atoms with van der Waals surface area (Å²) in [5.41, 5.74) is 0. The number of rotatable bonds is 4. The fraction of sp³-hybridized carbons (Fsp3) is 0.923. The molecule has 2 rings (SSSR count). The highest BCUT2D eigenvalue weighted by Crippen LogP contribution is 2.17. The van der Waals surface area contributed by atoms with Crippen LogP contribution in [0.4, 0.5) is 0 Å². The SMILES string of the molecule is CC(NC(C)C1CCOC1)C(=O)N1CCCC1. The minimum atomic E-state index is -0.0660. The molecule has 4 nitrogen and oxygen atoms in total. The molecule has 2 saturated heterocycles. The Balaban J connectivity index is 1.78. The van der Waals surface area contributed by atoms with Crippen LogP contribution in [0.2, 0.25) is 0 Å². The van der Waals surface area contributed by atoms with E-state index in [1.807, 2.05) is 11.8 Å². The first kappa shape index (κ1) is 12.8. The van der Waals surface area contributed by atoms with Crippen molar-refractivity contribution in [3.8, 4) is 0 Å². The van der Waals surface area contributed by atoms with Crippen LogP contribution < -0.4 is 5.32 Å². The summed E-state index contributed by atoms with van der Waals surface area (Å²) >= 11 is 0. The zero-order valence-corrected chi connectivity index (χ0v) is 10.9. The largest absolute Gasteiger partial charge is 0.381 e. The molecule has 3 unspecified atom stereocenters. The van der Waals surface area contributed by atoms with E-state index in [4.69, 9.17) is 4.74 Å². The van der Waals surface area contributed by atoms with E-state index in [1.54, 1.807) is 0 Å². The quantitative estimate of drug-likeness (QED) is 0.797. The highest BCUT2D eigenvalue weighted by atomic mass is 16.5. The van der Waals surface area contributed by atoms with Crippen molar-refractivity contribution in [2.24, 2.45) is 5.92 Å². The molecule has 0 aromatic heterocycles. The third-order valence-electron chi connectivity index (χ3n) is 3.97. The van der Waals surface area contributed by atoms with Crippen LogP contribution in [0.1, 0.15) is 33.1 Å². The minimum Gasteiger partial charge on any atom is -0.381 e. The molecule has 3 atom stereocenters. The monoisotopic (exact) mass is 240 g/mol. The molecule has 2 fully saturated rings. The number of ether oxygens (including phenoxy) is 1. The average Bonchev–Trinajstić information content (AvgIpc) is 3.00. The van der Waals surface area contributed by atoms with Gasteiger partial charge in [0.15, 0.2) is 0 Å². The van der Waals surface area contributed by atoms with Crippen molar-refractivity contribution in [2.45, 2.75) is 45.2 Å². The Morgan fingerprint density at radius 1 is 1.35 bits per heavy atom. The van der Waals surface area contributed by atoms with Gasteiger partial charge < -0.3 is 15.0 Å². The number of likely N-dealkylation sites (tertiary alicyclic amines) is 1. The van der Waals surface area contributed by atoms with E-state index in [-0.39, 0.29) is 11.9 Å². The molecule has 4 heteroatoms. The van der Waals surface area contributed by atoms with Gasteiger partial charge in [-0.25, -0.2) is 0 Å². The first-order chi connectivity index (χ1) is 8.18. The van der Waals surface area contributed by atoms with Gasteiger partial charge in [-0.2, -0.15) is 0 Å². The first-order valence-corrected chi connectivity index (χ1v) is 6.81. The summed E-state index contributed by atoms with van der Waals surface area (Å²) in [6, 6.07) is 0.294. The van der Waals surface area contributed by atoms with Crippen molar-refractivity contribution in [3.63, 3.8) is 0 Å². The molecular weight excluding hydrogens is 216 g/mol. The standard InChI is InChI=1S/C13H24N2O2/c1-10(12-5-8-17-9-12)14-11(2)13(16)15-6-3-4-7-15/h10-12,14H,3-9H2,1-2H3. The molecule has 0 spiro atoms. The fourth-order valence-corrected chi connectivity index (χ4v) is 2.76. The Bertz CT molecular complexity index is 258. The zero-order chi connectivity index (χ0) is 12.3. The van der Waals surface area contributed by atoms with Gasteiger partial charge in [-0.3, -0.25) is 4.79 Å². The van der Waals surface area contributed by atoms with E-state index in [0.29, 0.717) is 12.0 Å². The van der Waals surface area contributed by atoms with Gasteiger partial charge in [0.25, 0.3) is 0 Å². The maximum atomic E-state index is 12.1. The third kappa shape index (κ3) is 3.19. The van der Waals surface area contributed by atoms with E-state index < -0.39 is 0 Å². The summed E-state index contributed by atoms with van der Waals surface area (Å²) in [6.07, 6.45) is 3.42. The molecule has 98 valence electrons. The number of hydrogen-bond donors (Lipinski definition) is 1. The van der Waals surface area contributed by atoms with E-state index in [1.165, 1.54) is 0 Å². The summed E-state index contributed by atoms with van der Waals surface area (Å²) in [5.74, 6) is 0.817. The van der Waals surface area contributed by atoms with Crippen LogP contribution in [0.5, 0.6) is 0 Å². The first-order valence-electron chi connectivity index (χ1n) is 6.81. The summed E-state index contributed by atoms with van der Waals surface area (Å²) in [6.45, 7) is 7.71. The zero-order valence-electron chi connectivity index (χ0n) is 10.9. The second-order valence-electron chi connectivity index (χ2n) is 5.33. The highest BCUT2D eigenvalue weighted by Gasteiger charge is 2.28. The summed E-state index contributed by atoms with van der Waals surface area (Å²) in [4.78, 5) is 14.1. The lowest BCUT2D eigenvalue weighted by molar-refractivity contribution is -0.132. The second-order valence-corrected chi connectivity index (χ2v) is 5.33. The van der Waals surface area contributed by atoms with Gasteiger partial charge >= 0.3 is 0 Å². The lowest BCUT2D eigenvalue weighted by atomic mass is 10.00. The van der Waals surface area contributed by atoms with Crippen LogP contribution in [0.25, 0.3) is 0 Å². The molecule has 1 N–H and O–H groups in total. The third-order valence-corrected chi connectivity index (χ3v) is 3.97. The Labute approximate surface area is 104 Å². The van der Waals surface area contributed by atoms with Gasteiger partial charge in [0.1, 0.15) is 0 Å². The van der Waals surface area contributed by atoms with Gasteiger partial charge in [0, 0.05) is 25.7 Å². The van der Waals surface area contributed by atoms with Crippen LogP contribution in [0.15, 0.2) is 0 Å². The number of nitrogens with one attached hydrogen (secondary N) is 1. The van der Waals surface area contributed by atoms with Gasteiger partial charge in [0.05, 0.1) is 12.6 Å². The van der Waals surface area contributed by atoms with E-state index >= 15 is 0 Å². The fourth-order valence-electron chi connectivity index (χ4n) is 2.76. The molecule has 0 aromatic rings. The maximum absolute atomic E-state index is 12.1. The Hall–Kier alpha value is -0.610. The van der Waals surface area contributed by atoms with Gasteiger partial charge in [0.2, 0.25) is 5.91 Å². The van der Waals surface area contributed by atoms with E-state index in [9.17, 15) is 4.79 Å². The Morgan fingerprint density at radius 2 is 2.06 bits per heavy atom. The maximum Gasteiger partial charge on any atom is 0.239 e. The van der Waals surface area contributed by atoms with Crippen molar-refractivity contribution in [3.05, 3.63) is 0 Å². The lowest BCUT2D eigenvalue weighted by Gasteiger charge is -2.26. The van der Waals surface area contributed by atoms with E-state index in [2.05, 4.69) is 12.2 Å². The minimum absolute atomic E-state index is 0.0660. The second kappa shape index (κ2) is 5.83. The van der Waals surface area contributed by atoms with Crippen molar-refractivity contribution >= 4 is 5.91 Å². The molecule has 1 amide bonds. The normalized spacial score (nSPS) is 28.4. The number of nitrogens with zero attached hydrogens (tertiary/aromatic N) is 1. The Morgan fingerprint density at radius 3 is 2.65 bits per heavy atom. The van der Waals surface area contributed by atoms with Gasteiger partial charge in [-0.05, 0) is 39.0 Å². The molecule has 0 aromatic carbocycles. The molecule has 2 heterocycles. The van der Waals surface area contributed by atoms with Crippen LogP contribution in [-0.4, -0.2) is 49.2 Å². The average molecular weight is 240 g/mol. The van der Waals surface area contributed by atoms with Gasteiger partial charge in [-0.1, -0.05) is 0 Å². The molecule has 0 radical (unpaired) electrons. The predicted octanol–water partition coefficient (Wildman–Crippen LogP) is 1.01. The predicted molar refractivity (Wildman–Crippen MR) is 66.8 cm³/mol. The van der Waals surface area contributed by atoms with Crippen LogP contribution in [0, 0.1) is 5.92 Å². The van der Waals surface area contributed by atoms with Gasteiger partial charge in [-0.15, -0.1) is 0 Å². The van der Waals surface area contributed by atoms with Crippen molar-refractivity contribution in [1.82, 2.24) is 10.2 Å². The van der Waals surface area contributed by atoms with Crippen molar-refractivity contribution in [1.29, 1.82) is 0 Å². The number of amides is 1. The van der Waals surface area contributed by atoms with Crippen molar-refractivity contribution < 1.29 is 9.53 Å². The van der Waals surface area contributed by atoms with Crippen LogP contribution in [0.3, 0.4) is 0 Å². The molecule has 17 heavy (non-hydrogen) atoms.